The Morgan fingerprint density at radius 1 is 1.35 bits per heavy atom. The van der Waals surface area contributed by atoms with Gasteiger partial charge in [-0.15, -0.1) is 11.6 Å². The first-order valence-corrected chi connectivity index (χ1v) is 6.34. The first kappa shape index (κ1) is 14.0. The third-order valence-corrected chi connectivity index (χ3v) is 2.90. The van der Waals surface area contributed by atoms with Crippen LogP contribution in [-0.4, -0.2) is 16.8 Å². The Labute approximate surface area is 108 Å². The Hall–Kier alpha value is -1.02. The normalized spacial score (nSPS) is 13.2. The fraction of sp³-hybridized carbons (Fsp3) is 0.500. The quantitative estimate of drug-likeness (QED) is 0.803. The van der Waals surface area contributed by atoms with Crippen LogP contribution in [0.4, 0.5) is 0 Å². The van der Waals surface area contributed by atoms with Gasteiger partial charge in [0.05, 0.1) is 0 Å². The Morgan fingerprint density at radius 3 is 2.47 bits per heavy atom. The summed E-state index contributed by atoms with van der Waals surface area (Å²) in [6.07, 6.45) is 1.84. The monoisotopic (exact) mass is 253 g/mol. The van der Waals surface area contributed by atoms with Gasteiger partial charge in [-0.25, -0.2) is 0 Å². The van der Waals surface area contributed by atoms with Crippen LogP contribution in [0.1, 0.15) is 32.8 Å². The van der Waals surface area contributed by atoms with E-state index in [0.29, 0.717) is 0 Å². The predicted octanol–water partition coefficient (Wildman–Crippen LogP) is 3.14. The largest absolute Gasteiger partial charge is 0.350 e. The van der Waals surface area contributed by atoms with E-state index in [1.807, 2.05) is 32.0 Å². The maximum Gasteiger partial charge on any atom is 0.238 e. The summed E-state index contributed by atoms with van der Waals surface area (Å²) in [5, 5.41) is 2.47. The van der Waals surface area contributed by atoms with Crippen molar-refractivity contribution in [2.45, 2.75) is 44.5 Å². The minimum absolute atomic E-state index is 0.107. The number of carbonyl (C=O) groups excluding carboxylic acids is 1. The molecule has 0 heterocycles. The maximum atomic E-state index is 11.5. The Morgan fingerprint density at radius 2 is 1.94 bits per heavy atom. The number of carbonyl (C=O) groups is 1. The zero-order valence-corrected chi connectivity index (χ0v) is 11.4. The molecule has 3 heteroatoms. The van der Waals surface area contributed by atoms with Gasteiger partial charge in [-0.1, -0.05) is 30.3 Å². The van der Waals surface area contributed by atoms with Gasteiger partial charge in [-0.3, -0.25) is 4.79 Å². The number of rotatable bonds is 5. The molecule has 2 nitrogen and oxygen atoms in total. The lowest BCUT2D eigenvalue weighted by molar-refractivity contribution is -0.122. The van der Waals surface area contributed by atoms with Gasteiger partial charge in [0.25, 0.3) is 0 Å². The number of benzene rings is 1. The first-order valence-electron chi connectivity index (χ1n) is 5.91. The zero-order chi connectivity index (χ0) is 12.9. The summed E-state index contributed by atoms with van der Waals surface area (Å²) in [7, 11) is 0. The Kier molecular flexibility index (Phi) is 5.01. The second kappa shape index (κ2) is 6.06. The lowest BCUT2D eigenvalue weighted by Gasteiger charge is -2.27. The molecular formula is C14H20ClNO. The van der Waals surface area contributed by atoms with Crippen LogP contribution >= 0.6 is 11.6 Å². The summed E-state index contributed by atoms with van der Waals surface area (Å²) < 4.78 is 0. The van der Waals surface area contributed by atoms with Crippen molar-refractivity contribution >= 4 is 17.5 Å². The summed E-state index contributed by atoms with van der Waals surface area (Å²) in [6, 6.07) is 10.3. The van der Waals surface area contributed by atoms with Crippen molar-refractivity contribution in [1.29, 1.82) is 0 Å². The van der Waals surface area contributed by atoms with E-state index in [1.54, 1.807) is 6.92 Å². The summed E-state index contributed by atoms with van der Waals surface area (Å²) in [4.78, 5) is 11.5. The van der Waals surface area contributed by atoms with E-state index < -0.39 is 5.38 Å². The second-order valence-corrected chi connectivity index (χ2v) is 5.63. The number of aryl methyl sites for hydroxylation is 1. The minimum Gasteiger partial charge on any atom is -0.350 e. The van der Waals surface area contributed by atoms with Gasteiger partial charge < -0.3 is 5.32 Å². The van der Waals surface area contributed by atoms with Crippen molar-refractivity contribution in [1.82, 2.24) is 5.32 Å². The van der Waals surface area contributed by atoms with Gasteiger partial charge in [-0.2, -0.15) is 0 Å². The van der Waals surface area contributed by atoms with Crippen molar-refractivity contribution in [2.75, 3.05) is 0 Å². The smallest absolute Gasteiger partial charge is 0.238 e. The van der Waals surface area contributed by atoms with E-state index in [9.17, 15) is 4.79 Å². The molecule has 17 heavy (non-hydrogen) atoms. The highest BCUT2D eigenvalue weighted by molar-refractivity contribution is 6.30. The molecule has 0 fully saturated rings. The van der Waals surface area contributed by atoms with E-state index in [-0.39, 0.29) is 11.4 Å². The summed E-state index contributed by atoms with van der Waals surface area (Å²) >= 11 is 5.74. The van der Waals surface area contributed by atoms with Crippen LogP contribution < -0.4 is 5.32 Å². The summed E-state index contributed by atoms with van der Waals surface area (Å²) in [5.41, 5.74) is 1.06. The molecule has 1 aromatic rings. The fourth-order valence-corrected chi connectivity index (χ4v) is 1.65. The number of halogens is 1. The van der Waals surface area contributed by atoms with Gasteiger partial charge >= 0.3 is 0 Å². The van der Waals surface area contributed by atoms with E-state index in [0.717, 1.165) is 12.8 Å². The predicted molar refractivity (Wildman–Crippen MR) is 72.3 cm³/mol. The molecule has 1 rings (SSSR count). The molecule has 0 aliphatic heterocycles. The van der Waals surface area contributed by atoms with Gasteiger partial charge in [0.15, 0.2) is 0 Å². The molecule has 0 bridgehead atoms. The molecule has 0 aromatic heterocycles. The second-order valence-electron chi connectivity index (χ2n) is 4.97. The molecule has 0 aliphatic rings. The van der Waals surface area contributed by atoms with Crippen LogP contribution in [0.25, 0.3) is 0 Å². The molecule has 0 radical (unpaired) electrons. The molecule has 1 aromatic carbocycles. The number of nitrogens with one attached hydrogen (secondary N) is 1. The van der Waals surface area contributed by atoms with Gasteiger partial charge in [0.2, 0.25) is 5.91 Å². The van der Waals surface area contributed by atoms with Crippen molar-refractivity contribution < 1.29 is 4.79 Å². The molecule has 0 aliphatic carbocycles. The fourth-order valence-electron chi connectivity index (χ4n) is 1.60. The molecule has 0 saturated heterocycles. The van der Waals surface area contributed by atoms with Gasteiger partial charge in [-0.05, 0) is 39.2 Å². The molecule has 0 saturated carbocycles. The van der Waals surface area contributed by atoms with E-state index in [2.05, 4.69) is 17.4 Å². The highest BCUT2D eigenvalue weighted by Gasteiger charge is 2.22. The third kappa shape index (κ3) is 5.22. The van der Waals surface area contributed by atoms with E-state index >= 15 is 0 Å². The molecule has 1 atom stereocenters. The minimum atomic E-state index is -0.481. The van der Waals surface area contributed by atoms with Crippen LogP contribution in [0.5, 0.6) is 0 Å². The Bertz CT molecular complexity index is 360. The standard InChI is InChI=1S/C14H20ClNO/c1-11(15)13(17)16-14(2,3)10-9-12-7-5-4-6-8-12/h4-8,11H,9-10H2,1-3H3,(H,16,17). The van der Waals surface area contributed by atoms with Crippen molar-refractivity contribution in [2.24, 2.45) is 0 Å². The van der Waals surface area contributed by atoms with Gasteiger partial charge in [0, 0.05) is 5.54 Å². The first-order chi connectivity index (χ1) is 7.91. The number of amides is 1. The third-order valence-electron chi connectivity index (χ3n) is 2.70. The van der Waals surface area contributed by atoms with Crippen LogP contribution in [0.3, 0.4) is 0 Å². The molecule has 1 unspecified atom stereocenters. The zero-order valence-electron chi connectivity index (χ0n) is 10.7. The molecule has 0 spiro atoms. The van der Waals surface area contributed by atoms with E-state index in [4.69, 9.17) is 11.6 Å². The highest BCUT2D eigenvalue weighted by Crippen LogP contribution is 2.14. The van der Waals surface area contributed by atoms with Crippen LogP contribution in [0.2, 0.25) is 0 Å². The maximum absolute atomic E-state index is 11.5. The number of hydrogen-bond acceptors (Lipinski definition) is 1. The van der Waals surface area contributed by atoms with Crippen molar-refractivity contribution in [3.63, 3.8) is 0 Å². The van der Waals surface area contributed by atoms with Crippen LogP contribution in [-0.2, 0) is 11.2 Å². The summed E-state index contributed by atoms with van der Waals surface area (Å²) in [6.45, 7) is 5.73. The van der Waals surface area contributed by atoms with Crippen molar-refractivity contribution in [3.05, 3.63) is 35.9 Å². The Balaban J connectivity index is 2.47. The molecule has 1 N–H and O–H groups in total. The van der Waals surface area contributed by atoms with E-state index in [1.165, 1.54) is 5.56 Å². The molecule has 94 valence electrons. The molecular weight excluding hydrogens is 234 g/mol. The summed E-state index contributed by atoms with van der Waals surface area (Å²) in [5.74, 6) is -0.107. The topological polar surface area (TPSA) is 29.1 Å². The number of hydrogen-bond donors (Lipinski definition) is 1. The van der Waals surface area contributed by atoms with Crippen molar-refractivity contribution in [3.8, 4) is 0 Å². The lowest BCUT2D eigenvalue weighted by Crippen LogP contribution is -2.46. The average Bonchev–Trinajstić information content (AvgIpc) is 2.27. The van der Waals surface area contributed by atoms with Crippen LogP contribution in [0.15, 0.2) is 30.3 Å². The lowest BCUT2D eigenvalue weighted by atomic mass is 9.95. The van der Waals surface area contributed by atoms with Gasteiger partial charge in [0.1, 0.15) is 5.38 Å². The molecule has 1 amide bonds. The SMILES string of the molecule is CC(Cl)C(=O)NC(C)(C)CCc1ccccc1. The average molecular weight is 254 g/mol. The highest BCUT2D eigenvalue weighted by atomic mass is 35.5. The van der Waals surface area contributed by atoms with Crippen LogP contribution in [0, 0.1) is 0 Å². The number of alkyl halides is 1.